The number of nitrogens with zero attached hydrogens (tertiary/aromatic N) is 1. The maximum Gasteiger partial charge on any atom is 0.409 e. The Morgan fingerprint density at radius 3 is 2.84 bits per heavy atom. The molecule has 0 N–H and O–H groups in total. The van der Waals surface area contributed by atoms with Gasteiger partial charge in [-0.25, -0.2) is 4.79 Å². The minimum Gasteiger partial charge on any atom is -0.493 e. The van der Waals surface area contributed by atoms with E-state index in [1.165, 1.54) is 11.1 Å². The summed E-state index contributed by atoms with van der Waals surface area (Å²) in [5, 5.41) is 0. The zero-order chi connectivity index (χ0) is 17.4. The van der Waals surface area contributed by atoms with E-state index in [0.29, 0.717) is 32.9 Å². The van der Waals surface area contributed by atoms with Gasteiger partial charge < -0.3 is 23.8 Å². The highest BCUT2D eigenvalue weighted by Crippen LogP contribution is 2.49. The van der Waals surface area contributed by atoms with Gasteiger partial charge in [0.05, 0.1) is 32.9 Å². The molecule has 0 bridgehead atoms. The van der Waals surface area contributed by atoms with Gasteiger partial charge in [0, 0.05) is 36.6 Å². The molecule has 0 saturated carbocycles. The van der Waals surface area contributed by atoms with Crippen molar-refractivity contribution in [1.82, 2.24) is 4.90 Å². The number of ether oxygens (including phenoxy) is 4. The van der Waals surface area contributed by atoms with Gasteiger partial charge in [0.25, 0.3) is 0 Å². The third-order valence-electron chi connectivity index (χ3n) is 5.37. The topological polar surface area (TPSA) is 57.2 Å². The molecule has 1 fully saturated rings. The molecule has 25 heavy (non-hydrogen) atoms. The number of amides is 1. The van der Waals surface area contributed by atoms with Gasteiger partial charge in [-0.05, 0) is 12.5 Å². The first-order valence-corrected chi connectivity index (χ1v) is 9.10. The number of rotatable bonds is 5. The zero-order valence-corrected chi connectivity index (χ0v) is 14.9. The number of fused-ring (bicyclic) bond motifs is 2. The summed E-state index contributed by atoms with van der Waals surface area (Å²) < 4.78 is 23.0. The fourth-order valence-corrected chi connectivity index (χ4v) is 3.95. The van der Waals surface area contributed by atoms with Crippen molar-refractivity contribution in [3.05, 3.63) is 22.8 Å². The summed E-state index contributed by atoms with van der Waals surface area (Å²) in [5.74, 6) is 1.88. The third-order valence-corrected chi connectivity index (χ3v) is 5.37. The summed E-state index contributed by atoms with van der Waals surface area (Å²) in [6.07, 6.45) is 3.38. The second kappa shape index (κ2) is 6.41. The van der Waals surface area contributed by atoms with Crippen LogP contribution in [0.3, 0.4) is 0 Å². The molecule has 1 amide bonds. The van der Waals surface area contributed by atoms with Crippen molar-refractivity contribution < 1.29 is 23.7 Å². The molecule has 0 radical (unpaired) electrons. The largest absolute Gasteiger partial charge is 0.493 e. The number of likely N-dealkylation sites (tertiary alicyclic amines) is 1. The number of benzene rings is 1. The molecule has 0 aliphatic carbocycles. The van der Waals surface area contributed by atoms with E-state index in [2.05, 4.69) is 13.0 Å². The van der Waals surface area contributed by atoms with Crippen molar-refractivity contribution in [2.45, 2.75) is 38.2 Å². The van der Waals surface area contributed by atoms with E-state index in [4.69, 9.17) is 18.9 Å². The molecule has 4 rings (SSSR count). The van der Waals surface area contributed by atoms with Crippen LogP contribution in [0.5, 0.6) is 11.5 Å². The lowest BCUT2D eigenvalue weighted by atomic mass is 9.80. The fraction of sp³-hybridized carbons (Fsp3) is 0.632. The molecule has 0 aromatic heterocycles. The molecular weight excluding hydrogens is 322 g/mol. The SMILES string of the molecule is CCCCOC(=O)N1CC(OC)(c2c3c(cc4c2OCC4)OCC3)C1. The molecule has 6 heteroatoms. The van der Waals surface area contributed by atoms with Gasteiger partial charge in [-0.15, -0.1) is 0 Å². The molecular formula is C19H25NO5. The predicted octanol–water partition coefficient (Wildman–Crippen LogP) is 2.65. The molecule has 3 aliphatic rings. The van der Waals surface area contributed by atoms with Gasteiger partial charge in [-0.1, -0.05) is 13.3 Å². The molecule has 3 heterocycles. The number of unbranched alkanes of at least 4 members (excludes halogenated alkanes) is 1. The summed E-state index contributed by atoms with van der Waals surface area (Å²) >= 11 is 0. The van der Waals surface area contributed by atoms with Crippen LogP contribution in [0.15, 0.2) is 6.07 Å². The van der Waals surface area contributed by atoms with Crippen molar-refractivity contribution in [3.63, 3.8) is 0 Å². The molecule has 0 unspecified atom stereocenters. The summed E-state index contributed by atoms with van der Waals surface area (Å²) in [5.41, 5.74) is 2.89. The van der Waals surface area contributed by atoms with Crippen LogP contribution in [-0.2, 0) is 27.9 Å². The van der Waals surface area contributed by atoms with Crippen LogP contribution < -0.4 is 9.47 Å². The van der Waals surface area contributed by atoms with Crippen molar-refractivity contribution in [2.24, 2.45) is 0 Å². The number of hydrogen-bond acceptors (Lipinski definition) is 5. The summed E-state index contributed by atoms with van der Waals surface area (Å²) in [4.78, 5) is 13.9. The van der Waals surface area contributed by atoms with E-state index >= 15 is 0 Å². The van der Waals surface area contributed by atoms with Crippen LogP contribution in [0.4, 0.5) is 4.79 Å². The van der Waals surface area contributed by atoms with Crippen molar-refractivity contribution >= 4 is 6.09 Å². The van der Waals surface area contributed by atoms with Crippen LogP contribution in [0.1, 0.15) is 36.5 Å². The first-order chi connectivity index (χ1) is 12.2. The Balaban J connectivity index is 1.59. The number of carbonyl (C=O) groups is 1. The molecule has 3 aliphatic heterocycles. The molecule has 1 aromatic rings. The second-order valence-corrected chi connectivity index (χ2v) is 6.94. The summed E-state index contributed by atoms with van der Waals surface area (Å²) in [7, 11) is 1.70. The Hall–Kier alpha value is -1.95. The fourth-order valence-electron chi connectivity index (χ4n) is 3.95. The minimum atomic E-state index is -0.531. The van der Waals surface area contributed by atoms with Gasteiger partial charge in [0.1, 0.15) is 17.1 Å². The second-order valence-electron chi connectivity index (χ2n) is 6.94. The quantitative estimate of drug-likeness (QED) is 0.767. The standard InChI is InChI=1S/C19H25NO5/c1-3-4-7-25-18(21)20-11-19(12-20,22-2)16-14-6-9-23-15(14)10-13-5-8-24-17(13)16/h10H,3-9,11-12H2,1-2H3. The Morgan fingerprint density at radius 1 is 1.28 bits per heavy atom. The number of carbonyl (C=O) groups excluding carboxylic acids is 1. The highest BCUT2D eigenvalue weighted by atomic mass is 16.6. The summed E-state index contributed by atoms with van der Waals surface area (Å²) in [6.45, 7) is 4.90. The smallest absolute Gasteiger partial charge is 0.409 e. The molecule has 136 valence electrons. The molecule has 6 nitrogen and oxygen atoms in total. The number of hydrogen-bond donors (Lipinski definition) is 0. The maximum atomic E-state index is 12.2. The Bertz CT molecular complexity index is 649. The Kier molecular flexibility index (Phi) is 4.23. The van der Waals surface area contributed by atoms with E-state index < -0.39 is 5.60 Å². The van der Waals surface area contributed by atoms with E-state index in [1.54, 1.807) is 12.0 Å². The lowest BCUT2D eigenvalue weighted by molar-refractivity contribution is -0.122. The van der Waals surface area contributed by atoms with Gasteiger partial charge in [-0.3, -0.25) is 0 Å². The predicted molar refractivity (Wildman–Crippen MR) is 91.4 cm³/mol. The average molecular weight is 347 g/mol. The van der Waals surface area contributed by atoms with Crippen molar-refractivity contribution in [3.8, 4) is 11.5 Å². The van der Waals surface area contributed by atoms with Crippen molar-refractivity contribution in [1.29, 1.82) is 0 Å². The van der Waals surface area contributed by atoms with Gasteiger partial charge in [-0.2, -0.15) is 0 Å². The van der Waals surface area contributed by atoms with E-state index in [-0.39, 0.29) is 6.09 Å². The van der Waals surface area contributed by atoms with Gasteiger partial charge in [0.15, 0.2) is 0 Å². The highest BCUT2D eigenvalue weighted by molar-refractivity contribution is 5.70. The Labute approximate surface area is 148 Å². The summed E-state index contributed by atoms with van der Waals surface area (Å²) in [6, 6.07) is 2.10. The first kappa shape index (κ1) is 16.5. The normalized spacial score (nSPS) is 19.5. The van der Waals surface area contributed by atoms with Gasteiger partial charge >= 0.3 is 6.09 Å². The average Bonchev–Trinajstić information content (AvgIpc) is 3.22. The monoisotopic (exact) mass is 347 g/mol. The van der Waals surface area contributed by atoms with Crippen LogP contribution >= 0.6 is 0 Å². The van der Waals surface area contributed by atoms with Crippen molar-refractivity contribution in [2.75, 3.05) is 40.0 Å². The lowest BCUT2D eigenvalue weighted by Gasteiger charge is -2.49. The Morgan fingerprint density at radius 2 is 2.08 bits per heavy atom. The molecule has 0 spiro atoms. The van der Waals surface area contributed by atoms with Gasteiger partial charge in [0.2, 0.25) is 0 Å². The first-order valence-electron chi connectivity index (χ1n) is 9.10. The number of methoxy groups -OCH3 is 1. The van der Waals surface area contributed by atoms with Crippen LogP contribution in [0.25, 0.3) is 0 Å². The van der Waals surface area contributed by atoms with E-state index in [0.717, 1.165) is 42.7 Å². The van der Waals surface area contributed by atoms with E-state index in [1.807, 2.05) is 0 Å². The zero-order valence-electron chi connectivity index (χ0n) is 14.9. The van der Waals surface area contributed by atoms with Crippen LogP contribution in [0, 0.1) is 0 Å². The van der Waals surface area contributed by atoms with E-state index in [9.17, 15) is 4.79 Å². The maximum absolute atomic E-state index is 12.2. The highest BCUT2D eigenvalue weighted by Gasteiger charge is 2.52. The van der Waals surface area contributed by atoms with Crippen LogP contribution in [-0.4, -0.2) is 51.0 Å². The minimum absolute atomic E-state index is 0.262. The van der Waals surface area contributed by atoms with Crippen LogP contribution in [0.2, 0.25) is 0 Å². The third kappa shape index (κ3) is 2.63. The molecule has 1 aromatic carbocycles. The molecule has 1 saturated heterocycles. The lowest BCUT2D eigenvalue weighted by Crippen LogP contribution is -2.62. The molecule has 0 atom stereocenters.